The first-order chi connectivity index (χ1) is 9.99. The second kappa shape index (κ2) is 8.11. The van der Waals surface area contributed by atoms with Crippen molar-refractivity contribution in [2.75, 3.05) is 39.7 Å². The Morgan fingerprint density at radius 1 is 1.33 bits per heavy atom. The molecule has 0 aromatic heterocycles. The molecule has 0 aliphatic heterocycles. The maximum Gasteiger partial charge on any atom is 0.339 e. The van der Waals surface area contributed by atoms with Crippen molar-refractivity contribution < 1.29 is 24.2 Å². The van der Waals surface area contributed by atoms with Gasteiger partial charge in [-0.2, -0.15) is 0 Å². The summed E-state index contributed by atoms with van der Waals surface area (Å²) in [6, 6.07) is 4.11. The summed E-state index contributed by atoms with van der Waals surface area (Å²) in [6.45, 7) is 1.14. The third-order valence-electron chi connectivity index (χ3n) is 2.87. The smallest absolute Gasteiger partial charge is 0.339 e. The number of amides is 2. The molecule has 2 N–H and O–H groups in total. The van der Waals surface area contributed by atoms with Crippen LogP contribution in [0.1, 0.15) is 16.8 Å². The monoisotopic (exact) mass is 296 g/mol. The molecule has 0 aliphatic carbocycles. The second-order valence-corrected chi connectivity index (χ2v) is 4.42. The van der Waals surface area contributed by atoms with E-state index in [-0.39, 0.29) is 17.3 Å². The van der Waals surface area contributed by atoms with Crippen LogP contribution in [-0.4, -0.2) is 56.4 Å². The van der Waals surface area contributed by atoms with Gasteiger partial charge < -0.3 is 24.8 Å². The van der Waals surface area contributed by atoms with Gasteiger partial charge in [0.05, 0.1) is 7.11 Å². The zero-order valence-corrected chi connectivity index (χ0v) is 12.4. The minimum absolute atomic E-state index is 0.0453. The van der Waals surface area contributed by atoms with Crippen LogP contribution < -0.4 is 10.1 Å². The number of anilines is 1. The second-order valence-electron chi connectivity index (χ2n) is 4.42. The molecule has 0 saturated carbocycles. The van der Waals surface area contributed by atoms with Crippen molar-refractivity contribution in [3.63, 3.8) is 0 Å². The van der Waals surface area contributed by atoms with Gasteiger partial charge in [-0.25, -0.2) is 9.59 Å². The minimum Gasteiger partial charge on any atom is -0.496 e. The third kappa shape index (κ3) is 4.96. The van der Waals surface area contributed by atoms with Crippen LogP contribution in [0.2, 0.25) is 0 Å². The molecule has 1 rings (SSSR count). The Bertz CT molecular complexity index is 504. The van der Waals surface area contributed by atoms with Crippen molar-refractivity contribution in [3.05, 3.63) is 23.8 Å². The fourth-order valence-corrected chi connectivity index (χ4v) is 1.71. The van der Waals surface area contributed by atoms with Gasteiger partial charge in [0.25, 0.3) is 0 Å². The molecule has 0 fully saturated rings. The number of carboxylic acids is 1. The molecule has 0 aliphatic rings. The molecule has 7 heteroatoms. The zero-order chi connectivity index (χ0) is 15.8. The number of nitrogens with one attached hydrogen (secondary N) is 1. The Morgan fingerprint density at radius 2 is 2.05 bits per heavy atom. The maximum absolute atomic E-state index is 11.9. The van der Waals surface area contributed by atoms with Crippen LogP contribution in [-0.2, 0) is 4.74 Å². The Hall–Kier alpha value is -2.28. The molecular formula is C14H20N2O5. The van der Waals surface area contributed by atoms with Crippen molar-refractivity contribution in [1.29, 1.82) is 0 Å². The molecule has 21 heavy (non-hydrogen) atoms. The molecule has 0 heterocycles. The molecule has 0 unspecified atom stereocenters. The number of aromatic carboxylic acids is 1. The fraction of sp³-hybridized carbons (Fsp3) is 0.429. The number of carboxylic acid groups (broad SMARTS) is 1. The number of benzene rings is 1. The molecule has 1 aromatic carbocycles. The zero-order valence-electron chi connectivity index (χ0n) is 12.4. The van der Waals surface area contributed by atoms with Crippen LogP contribution in [0.3, 0.4) is 0 Å². The highest BCUT2D eigenvalue weighted by Gasteiger charge is 2.13. The quantitative estimate of drug-likeness (QED) is 0.750. The summed E-state index contributed by atoms with van der Waals surface area (Å²) in [7, 11) is 4.66. The molecule has 0 spiro atoms. The molecule has 0 atom stereocenters. The lowest BCUT2D eigenvalue weighted by molar-refractivity contribution is 0.0693. The number of ether oxygens (including phenoxy) is 2. The van der Waals surface area contributed by atoms with Crippen LogP contribution >= 0.6 is 0 Å². The Labute approximate surface area is 123 Å². The van der Waals surface area contributed by atoms with Crippen molar-refractivity contribution in [2.45, 2.75) is 6.42 Å². The highest BCUT2D eigenvalue weighted by molar-refractivity contribution is 5.94. The lowest BCUT2D eigenvalue weighted by Gasteiger charge is -2.18. The van der Waals surface area contributed by atoms with E-state index in [2.05, 4.69) is 5.32 Å². The number of hydrogen-bond acceptors (Lipinski definition) is 4. The normalized spacial score (nSPS) is 10.0. The topological polar surface area (TPSA) is 88.1 Å². The van der Waals surface area contributed by atoms with Gasteiger partial charge in [0.1, 0.15) is 11.3 Å². The lowest BCUT2D eigenvalue weighted by atomic mass is 10.2. The summed E-state index contributed by atoms with van der Waals surface area (Å²) < 4.78 is 9.93. The number of rotatable bonds is 7. The van der Waals surface area contributed by atoms with E-state index in [1.54, 1.807) is 14.2 Å². The van der Waals surface area contributed by atoms with E-state index in [0.717, 1.165) is 6.42 Å². The molecule has 1 aromatic rings. The minimum atomic E-state index is -1.08. The number of carbonyl (C=O) groups excluding carboxylic acids is 1. The van der Waals surface area contributed by atoms with Gasteiger partial charge in [-0.3, -0.25) is 0 Å². The van der Waals surface area contributed by atoms with Gasteiger partial charge in [-0.1, -0.05) is 0 Å². The Kier molecular flexibility index (Phi) is 6.48. The summed E-state index contributed by atoms with van der Waals surface area (Å²) in [5.41, 5.74) is 0.518. The van der Waals surface area contributed by atoms with Crippen LogP contribution in [0, 0.1) is 0 Å². The standard InChI is InChI=1S/C14H20N2O5/c1-16(7-4-8-20-2)14(19)15-10-5-6-11(13(17)18)12(9-10)21-3/h5-6,9H,4,7-8H2,1-3H3,(H,15,19)(H,17,18). The van der Waals surface area contributed by atoms with Gasteiger partial charge in [0.15, 0.2) is 0 Å². The molecule has 116 valence electrons. The number of urea groups is 1. The summed E-state index contributed by atoms with van der Waals surface area (Å²) in [4.78, 5) is 24.4. The van der Waals surface area contributed by atoms with Gasteiger partial charge in [0, 0.05) is 39.1 Å². The average molecular weight is 296 g/mol. The van der Waals surface area contributed by atoms with Crippen molar-refractivity contribution >= 4 is 17.7 Å². The molecule has 0 bridgehead atoms. The van der Waals surface area contributed by atoms with E-state index in [0.29, 0.717) is 18.8 Å². The van der Waals surface area contributed by atoms with Crippen LogP contribution in [0.4, 0.5) is 10.5 Å². The summed E-state index contributed by atoms with van der Waals surface area (Å²) in [6.07, 6.45) is 0.738. The largest absolute Gasteiger partial charge is 0.496 e. The van der Waals surface area contributed by atoms with Crippen molar-refractivity contribution in [1.82, 2.24) is 4.90 Å². The highest BCUT2D eigenvalue weighted by atomic mass is 16.5. The van der Waals surface area contributed by atoms with Crippen LogP contribution in [0.25, 0.3) is 0 Å². The number of carbonyl (C=O) groups is 2. The van der Waals surface area contributed by atoms with Gasteiger partial charge >= 0.3 is 12.0 Å². The van der Waals surface area contributed by atoms with E-state index >= 15 is 0 Å². The number of methoxy groups -OCH3 is 2. The first-order valence-corrected chi connectivity index (χ1v) is 6.42. The van der Waals surface area contributed by atoms with Crippen molar-refractivity contribution in [3.8, 4) is 5.75 Å². The SMILES string of the molecule is COCCCN(C)C(=O)Nc1ccc(C(=O)O)c(OC)c1. The third-order valence-corrected chi connectivity index (χ3v) is 2.87. The van der Waals surface area contributed by atoms with E-state index in [9.17, 15) is 9.59 Å². The molecule has 7 nitrogen and oxygen atoms in total. The summed E-state index contributed by atoms with van der Waals surface area (Å²) in [5, 5.41) is 11.7. The predicted molar refractivity (Wildman–Crippen MR) is 78.1 cm³/mol. The molecular weight excluding hydrogens is 276 g/mol. The van der Waals surface area contributed by atoms with Gasteiger partial charge in [-0.05, 0) is 18.6 Å². The number of hydrogen-bond donors (Lipinski definition) is 2. The summed E-state index contributed by atoms with van der Waals surface area (Å²) in [5.74, 6) is -0.885. The van der Waals surface area contributed by atoms with Crippen LogP contribution in [0.15, 0.2) is 18.2 Å². The van der Waals surface area contributed by atoms with Gasteiger partial charge in [-0.15, -0.1) is 0 Å². The average Bonchev–Trinajstić information content (AvgIpc) is 2.46. The highest BCUT2D eigenvalue weighted by Crippen LogP contribution is 2.23. The molecule has 0 radical (unpaired) electrons. The lowest BCUT2D eigenvalue weighted by Crippen LogP contribution is -2.32. The summed E-state index contributed by atoms with van der Waals surface area (Å²) >= 11 is 0. The molecule has 0 saturated heterocycles. The predicted octanol–water partition coefficient (Wildman–Crippen LogP) is 1.89. The Morgan fingerprint density at radius 3 is 2.62 bits per heavy atom. The van der Waals surface area contributed by atoms with Gasteiger partial charge in [0.2, 0.25) is 0 Å². The van der Waals surface area contributed by atoms with E-state index in [1.165, 1.54) is 30.2 Å². The first-order valence-electron chi connectivity index (χ1n) is 6.42. The maximum atomic E-state index is 11.9. The Balaban J connectivity index is 2.70. The van der Waals surface area contributed by atoms with E-state index < -0.39 is 5.97 Å². The molecule has 2 amide bonds. The van der Waals surface area contributed by atoms with Crippen molar-refractivity contribution in [2.24, 2.45) is 0 Å². The van der Waals surface area contributed by atoms with E-state index in [1.807, 2.05) is 0 Å². The number of nitrogens with zero attached hydrogens (tertiary/aromatic N) is 1. The van der Waals surface area contributed by atoms with Crippen LogP contribution in [0.5, 0.6) is 5.75 Å². The first kappa shape index (κ1) is 16.8. The van der Waals surface area contributed by atoms with E-state index in [4.69, 9.17) is 14.6 Å². The fourth-order valence-electron chi connectivity index (χ4n) is 1.71.